The SMILES string of the molecule is Oc1c(I)cc(I)cc1C=NCc1cccnc1. The van der Waals surface area contributed by atoms with Crippen LogP contribution in [0.5, 0.6) is 5.75 Å². The zero-order chi connectivity index (χ0) is 13.0. The van der Waals surface area contributed by atoms with Crippen LogP contribution < -0.4 is 0 Å². The average molecular weight is 464 g/mol. The van der Waals surface area contributed by atoms with Crippen LogP contribution >= 0.6 is 45.2 Å². The summed E-state index contributed by atoms with van der Waals surface area (Å²) in [6.07, 6.45) is 5.23. The fourth-order valence-electron chi connectivity index (χ4n) is 1.43. The number of halogens is 2. The van der Waals surface area contributed by atoms with Gasteiger partial charge in [-0.05, 0) is 68.9 Å². The van der Waals surface area contributed by atoms with E-state index < -0.39 is 0 Å². The van der Waals surface area contributed by atoms with Crippen LogP contribution in [-0.4, -0.2) is 16.3 Å². The van der Waals surface area contributed by atoms with E-state index in [4.69, 9.17) is 0 Å². The highest BCUT2D eigenvalue weighted by molar-refractivity contribution is 14.1. The Labute approximate surface area is 133 Å². The first-order valence-electron chi connectivity index (χ1n) is 5.23. The van der Waals surface area contributed by atoms with E-state index in [1.165, 1.54) is 0 Å². The van der Waals surface area contributed by atoms with E-state index in [1.807, 2.05) is 24.3 Å². The lowest BCUT2D eigenvalue weighted by molar-refractivity contribution is 0.470. The number of hydrogen-bond donors (Lipinski definition) is 1. The van der Waals surface area contributed by atoms with Gasteiger partial charge < -0.3 is 5.11 Å². The molecule has 92 valence electrons. The summed E-state index contributed by atoms with van der Waals surface area (Å²) in [7, 11) is 0. The lowest BCUT2D eigenvalue weighted by Gasteiger charge is -2.02. The molecule has 0 saturated heterocycles. The molecular weight excluding hydrogens is 454 g/mol. The lowest BCUT2D eigenvalue weighted by atomic mass is 10.2. The Balaban J connectivity index is 2.15. The number of phenols is 1. The summed E-state index contributed by atoms with van der Waals surface area (Å²) in [6.45, 7) is 0.565. The molecule has 0 fully saturated rings. The number of pyridine rings is 1. The van der Waals surface area contributed by atoms with Gasteiger partial charge in [-0.15, -0.1) is 0 Å². The maximum Gasteiger partial charge on any atom is 0.137 e. The van der Waals surface area contributed by atoms with Gasteiger partial charge in [0.2, 0.25) is 0 Å². The predicted octanol–water partition coefficient (Wildman–Crippen LogP) is 3.62. The number of nitrogens with zero attached hydrogens (tertiary/aromatic N) is 2. The topological polar surface area (TPSA) is 45.5 Å². The van der Waals surface area contributed by atoms with Crippen molar-refractivity contribution in [2.45, 2.75) is 6.54 Å². The van der Waals surface area contributed by atoms with Gasteiger partial charge in [0.1, 0.15) is 5.75 Å². The highest BCUT2D eigenvalue weighted by atomic mass is 127. The van der Waals surface area contributed by atoms with Crippen molar-refractivity contribution in [3.8, 4) is 5.75 Å². The third kappa shape index (κ3) is 3.64. The molecule has 5 heteroatoms. The largest absolute Gasteiger partial charge is 0.506 e. The zero-order valence-corrected chi connectivity index (χ0v) is 13.7. The number of rotatable bonds is 3. The fourth-order valence-corrected chi connectivity index (χ4v) is 3.32. The Morgan fingerprint density at radius 1 is 1.33 bits per heavy atom. The summed E-state index contributed by atoms with van der Waals surface area (Å²) in [5, 5.41) is 9.90. The minimum absolute atomic E-state index is 0.283. The van der Waals surface area contributed by atoms with Gasteiger partial charge in [-0.1, -0.05) is 6.07 Å². The van der Waals surface area contributed by atoms with E-state index >= 15 is 0 Å². The van der Waals surface area contributed by atoms with Crippen molar-refractivity contribution in [1.29, 1.82) is 0 Å². The second-order valence-electron chi connectivity index (χ2n) is 3.66. The molecule has 1 N–H and O–H groups in total. The minimum Gasteiger partial charge on any atom is -0.506 e. The second-order valence-corrected chi connectivity index (χ2v) is 6.06. The van der Waals surface area contributed by atoms with Gasteiger partial charge >= 0.3 is 0 Å². The molecule has 0 bridgehead atoms. The van der Waals surface area contributed by atoms with Crippen molar-refractivity contribution < 1.29 is 5.11 Å². The molecule has 1 aromatic heterocycles. The van der Waals surface area contributed by atoms with E-state index in [9.17, 15) is 5.11 Å². The van der Waals surface area contributed by atoms with Crippen LogP contribution in [0.1, 0.15) is 11.1 Å². The molecule has 0 radical (unpaired) electrons. The first kappa shape index (κ1) is 13.7. The molecule has 0 saturated carbocycles. The van der Waals surface area contributed by atoms with Crippen LogP contribution in [0.3, 0.4) is 0 Å². The highest BCUT2D eigenvalue weighted by Crippen LogP contribution is 2.25. The molecule has 0 atom stereocenters. The van der Waals surface area contributed by atoms with E-state index in [1.54, 1.807) is 18.6 Å². The quantitative estimate of drug-likeness (QED) is 0.558. The first-order chi connectivity index (χ1) is 8.66. The van der Waals surface area contributed by atoms with Gasteiger partial charge in [-0.3, -0.25) is 9.98 Å². The molecule has 0 spiro atoms. The number of aromatic nitrogens is 1. The van der Waals surface area contributed by atoms with E-state index in [0.29, 0.717) is 6.54 Å². The molecule has 0 aliphatic carbocycles. The van der Waals surface area contributed by atoms with Crippen LogP contribution in [-0.2, 0) is 6.54 Å². The highest BCUT2D eigenvalue weighted by Gasteiger charge is 2.04. The van der Waals surface area contributed by atoms with Gasteiger partial charge in [0.25, 0.3) is 0 Å². The molecule has 0 aliphatic rings. The monoisotopic (exact) mass is 464 g/mol. The summed E-state index contributed by atoms with van der Waals surface area (Å²) in [4.78, 5) is 8.35. The molecule has 0 aliphatic heterocycles. The summed E-state index contributed by atoms with van der Waals surface area (Å²) < 4.78 is 1.92. The van der Waals surface area contributed by atoms with E-state index in [2.05, 4.69) is 55.2 Å². The number of hydrogen-bond acceptors (Lipinski definition) is 3. The van der Waals surface area contributed by atoms with Gasteiger partial charge in [0, 0.05) is 27.7 Å². The minimum atomic E-state index is 0.283. The second kappa shape index (κ2) is 6.46. The van der Waals surface area contributed by atoms with Crippen LogP contribution in [0, 0.1) is 7.14 Å². The Bertz CT molecular complexity index is 571. The number of benzene rings is 1. The summed E-state index contributed by atoms with van der Waals surface area (Å²) >= 11 is 4.34. The van der Waals surface area contributed by atoms with Crippen molar-refractivity contribution in [1.82, 2.24) is 4.98 Å². The maximum absolute atomic E-state index is 9.90. The van der Waals surface area contributed by atoms with Gasteiger partial charge in [0.05, 0.1) is 10.1 Å². The average Bonchev–Trinajstić information content (AvgIpc) is 2.36. The third-order valence-corrected chi connectivity index (χ3v) is 3.73. The molecule has 1 heterocycles. The summed E-state index contributed by atoms with van der Waals surface area (Å²) in [5.41, 5.74) is 1.80. The number of aromatic hydroxyl groups is 1. The molecule has 0 amide bonds. The van der Waals surface area contributed by atoms with Crippen molar-refractivity contribution >= 4 is 51.4 Å². The lowest BCUT2D eigenvalue weighted by Crippen LogP contribution is -1.89. The fraction of sp³-hybridized carbons (Fsp3) is 0.0769. The Hall–Kier alpha value is -0.700. The standard InChI is InChI=1S/C13H10I2N2O/c14-11-4-10(13(18)12(15)5-11)8-17-7-9-2-1-3-16-6-9/h1-6,8,18H,7H2. The smallest absolute Gasteiger partial charge is 0.137 e. The van der Waals surface area contributed by atoms with Crippen LogP contribution in [0.2, 0.25) is 0 Å². The van der Waals surface area contributed by atoms with E-state index in [0.717, 1.165) is 18.3 Å². The Morgan fingerprint density at radius 3 is 2.89 bits per heavy atom. The Kier molecular flexibility index (Phi) is 4.93. The molecule has 2 rings (SSSR count). The normalized spacial score (nSPS) is 11.0. The third-order valence-electron chi connectivity index (χ3n) is 2.28. The first-order valence-corrected chi connectivity index (χ1v) is 7.39. The molecule has 1 aromatic carbocycles. The van der Waals surface area contributed by atoms with Crippen molar-refractivity contribution in [3.63, 3.8) is 0 Å². The number of phenolic OH excluding ortho intramolecular Hbond substituents is 1. The van der Waals surface area contributed by atoms with Gasteiger partial charge in [0.15, 0.2) is 0 Å². The van der Waals surface area contributed by atoms with Gasteiger partial charge in [-0.25, -0.2) is 0 Å². The summed E-state index contributed by atoms with van der Waals surface area (Å²) in [6, 6.07) is 7.69. The van der Waals surface area contributed by atoms with Crippen molar-refractivity contribution in [2.24, 2.45) is 4.99 Å². The van der Waals surface area contributed by atoms with Crippen LogP contribution in [0.15, 0.2) is 41.7 Å². The number of aliphatic imine (C=N–C) groups is 1. The van der Waals surface area contributed by atoms with Gasteiger partial charge in [-0.2, -0.15) is 0 Å². The zero-order valence-electron chi connectivity index (χ0n) is 9.35. The van der Waals surface area contributed by atoms with E-state index in [-0.39, 0.29) is 5.75 Å². The molecule has 18 heavy (non-hydrogen) atoms. The maximum atomic E-state index is 9.90. The molecule has 3 nitrogen and oxygen atoms in total. The van der Waals surface area contributed by atoms with Crippen molar-refractivity contribution in [2.75, 3.05) is 0 Å². The van der Waals surface area contributed by atoms with Crippen LogP contribution in [0.4, 0.5) is 0 Å². The predicted molar refractivity (Wildman–Crippen MR) is 89.1 cm³/mol. The van der Waals surface area contributed by atoms with Crippen LogP contribution in [0.25, 0.3) is 0 Å². The molecule has 0 unspecified atom stereocenters. The molecule has 2 aromatic rings. The molecular formula is C13H10I2N2O. The Morgan fingerprint density at radius 2 is 2.17 bits per heavy atom. The summed E-state index contributed by atoms with van der Waals surface area (Å²) in [5.74, 6) is 0.283. The van der Waals surface area contributed by atoms with Crippen molar-refractivity contribution in [3.05, 3.63) is 54.9 Å².